The molecule has 0 amide bonds. The highest BCUT2D eigenvalue weighted by Gasteiger charge is 2.29. The van der Waals surface area contributed by atoms with Gasteiger partial charge in [0, 0.05) is 11.8 Å². The van der Waals surface area contributed by atoms with Gasteiger partial charge in [0.1, 0.15) is 6.35 Å². The molecule has 0 saturated carbocycles. The third-order valence-corrected chi connectivity index (χ3v) is 5.09. The number of hydrogen-bond acceptors (Lipinski definition) is 8. The van der Waals surface area contributed by atoms with Crippen molar-refractivity contribution in [2.45, 2.75) is 59.5 Å². The average Bonchev–Trinajstić information content (AvgIpc) is 2.52. The van der Waals surface area contributed by atoms with Gasteiger partial charge in [0.25, 0.3) is 0 Å². The van der Waals surface area contributed by atoms with E-state index >= 15 is 0 Å². The number of hydrogen-bond donors (Lipinski definition) is 1. The van der Waals surface area contributed by atoms with E-state index in [1.807, 2.05) is 0 Å². The molecule has 1 atom stereocenters. The number of aliphatic hydroxyl groups is 1. The fraction of sp³-hybridized carbons (Fsp3) is 0.750. The van der Waals surface area contributed by atoms with Gasteiger partial charge in [0.2, 0.25) is 5.88 Å². The van der Waals surface area contributed by atoms with Gasteiger partial charge in [-0.15, -0.1) is 0 Å². The van der Waals surface area contributed by atoms with E-state index in [4.69, 9.17) is 18.5 Å². The zero-order valence-corrected chi connectivity index (χ0v) is 17.1. The van der Waals surface area contributed by atoms with Gasteiger partial charge in [-0.1, -0.05) is 0 Å². The molecule has 1 aromatic rings. The molecule has 0 bridgehead atoms. The number of aliphatic hydroxyl groups excluding tert-OH is 1. The molecule has 26 heavy (non-hydrogen) atoms. The first kappa shape index (κ1) is 22.8. The predicted molar refractivity (Wildman–Crippen MR) is 96.7 cm³/mol. The minimum Gasteiger partial charge on any atom is -0.481 e. The number of aromatic nitrogens is 2. The van der Waals surface area contributed by atoms with Gasteiger partial charge in [-0.05, 0) is 34.6 Å². The highest BCUT2D eigenvalue weighted by molar-refractivity contribution is 7.53. The number of methoxy groups -OCH3 is 1. The summed E-state index contributed by atoms with van der Waals surface area (Å²) >= 11 is 0. The van der Waals surface area contributed by atoms with E-state index in [1.54, 1.807) is 40.8 Å². The van der Waals surface area contributed by atoms with Crippen molar-refractivity contribution in [3.8, 4) is 5.88 Å². The molecule has 0 unspecified atom stereocenters. The Morgan fingerprint density at radius 1 is 1.23 bits per heavy atom. The topological polar surface area (TPSA) is 109 Å². The maximum atomic E-state index is 12.8. The van der Waals surface area contributed by atoms with Gasteiger partial charge in [0.05, 0.1) is 38.6 Å². The summed E-state index contributed by atoms with van der Waals surface area (Å²) in [6, 6.07) is 0. The summed E-state index contributed by atoms with van der Waals surface area (Å²) in [4.78, 5) is 15.8. The van der Waals surface area contributed by atoms with Crippen LogP contribution in [-0.2, 0) is 24.9 Å². The van der Waals surface area contributed by atoms with Gasteiger partial charge < -0.3 is 23.6 Å². The highest BCUT2D eigenvalue weighted by atomic mass is 31.2. The van der Waals surface area contributed by atoms with E-state index in [0.717, 1.165) is 0 Å². The molecule has 0 aliphatic rings. The molecule has 0 aliphatic heterocycles. The first-order valence-electron chi connectivity index (χ1n) is 8.40. The van der Waals surface area contributed by atoms with E-state index in [0.29, 0.717) is 5.56 Å². The summed E-state index contributed by atoms with van der Waals surface area (Å²) in [5, 5.41) is 9.55. The van der Waals surface area contributed by atoms with Crippen LogP contribution < -0.4 is 10.4 Å². The maximum absolute atomic E-state index is 12.8. The smallest absolute Gasteiger partial charge is 0.356 e. The van der Waals surface area contributed by atoms with Crippen LogP contribution in [0.1, 0.15) is 33.3 Å². The number of nitrogens with zero attached hydrogens (tertiary/aromatic N) is 2. The monoisotopic (exact) mass is 392 g/mol. The van der Waals surface area contributed by atoms with E-state index in [9.17, 15) is 14.5 Å². The van der Waals surface area contributed by atoms with Crippen molar-refractivity contribution >= 4 is 7.60 Å². The Labute approximate surface area is 153 Å². The van der Waals surface area contributed by atoms with Crippen molar-refractivity contribution in [3.05, 3.63) is 22.2 Å². The molecule has 0 radical (unpaired) electrons. The summed E-state index contributed by atoms with van der Waals surface area (Å²) in [6.07, 6.45) is -0.165. The Bertz CT molecular complexity index is 661. The first-order chi connectivity index (χ1) is 12.1. The second kappa shape index (κ2) is 10.2. The maximum Gasteiger partial charge on any atom is 0.356 e. The van der Waals surface area contributed by atoms with Crippen LogP contribution in [0, 0.1) is 6.92 Å². The largest absolute Gasteiger partial charge is 0.481 e. The zero-order chi connectivity index (χ0) is 19.9. The first-order valence-corrected chi connectivity index (χ1v) is 10.1. The standard InChI is InChI=1S/C16H29N2O7P/c1-11(2)24-26(21,25-12(3)4)10-23-14(9-19)8-18-7-13(5)15(22-6)17-16(18)20/h7,11-12,14,19H,8-10H2,1-6H3/t14-/m0/s1. The minimum atomic E-state index is -3.49. The molecular weight excluding hydrogens is 363 g/mol. The molecule has 9 nitrogen and oxygen atoms in total. The highest BCUT2D eigenvalue weighted by Crippen LogP contribution is 2.50. The lowest BCUT2D eigenvalue weighted by Gasteiger charge is -2.25. The van der Waals surface area contributed by atoms with Crippen molar-refractivity contribution in [2.75, 3.05) is 20.1 Å². The van der Waals surface area contributed by atoms with Crippen LogP contribution in [-0.4, -0.2) is 53.0 Å². The molecule has 1 rings (SSSR count). The van der Waals surface area contributed by atoms with Gasteiger partial charge in [0.15, 0.2) is 0 Å². The van der Waals surface area contributed by atoms with Gasteiger partial charge in [-0.2, -0.15) is 4.98 Å². The fourth-order valence-electron chi connectivity index (χ4n) is 2.23. The summed E-state index contributed by atoms with van der Waals surface area (Å²) < 4.78 is 35.4. The number of rotatable bonds is 11. The zero-order valence-electron chi connectivity index (χ0n) is 16.2. The lowest BCUT2D eigenvalue weighted by molar-refractivity contribution is 0.00991. The second-order valence-corrected chi connectivity index (χ2v) is 8.29. The molecule has 0 aromatic carbocycles. The fourth-order valence-corrected chi connectivity index (χ4v) is 4.08. The Hall–Kier alpha value is -1.25. The van der Waals surface area contributed by atoms with E-state index in [-0.39, 0.29) is 37.6 Å². The summed E-state index contributed by atoms with van der Waals surface area (Å²) in [7, 11) is -2.06. The van der Waals surface area contributed by atoms with Crippen LogP contribution in [0.15, 0.2) is 11.0 Å². The van der Waals surface area contributed by atoms with Crippen molar-refractivity contribution < 1.29 is 28.2 Å². The van der Waals surface area contributed by atoms with Crippen molar-refractivity contribution in [1.29, 1.82) is 0 Å². The second-order valence-electron chi connectivity index (χ2n) is 6.39. The van der Waals surface area contributed by atoms with Crippen LogP contribution in [0.25, 0.3) is 0 Å². The Kier molecular flexibility index (Phi) is 8.92. The van der Waals surface area contributed by atoms with E-state index in [2.05, 4.69) is 4.98 Å². The quantitative estimate of drug-likeness (QED) is 0.569. The molecule has 150 valence electrons. The van der Waals surface area contributed by atoms with Crippen molar-refractivity contribution in [1.82, 2.24) is 9.55 Å². The van der Waals surface area contributed by atoms with Crippen LogP contribution in [0.4, 0.5) is 0 Å². The Balaban J connectivity index is 2.85. The minimum absolute atomic E-state index is 0.0382. The normalized spacial score (nSPS) is 13.4. The number of ether oxygens (including phenoxy) is 2. The Morgan fingerprint density at radius 3 is 2.27 bits per heavy atom. The molecule has 1 N–H and O–H groups in total. The van der Waals surface area contributed by atoms with Crippen molar-refractivity contribution in [3.63, 3.8) is 0 Å². The third-order valence-electron chi connectivity index (χ3n) is 3.14. The van der Waals surface area contributed by atoms with Crippen LogP contribution in [0.5, 0.6) is 5.88 Å². The van der Waals surface area contributed by atoms with Gasteiger partial charge >= 0.3 is 13.3 Å². The third kappa shape index (κ3) is 7.17. The summed E-state index contributed by atoms with van der Waals surface area (Å²) in [5.74, 6) is 0.243. The summed E-state index contributed by atoms with van der Waals surface area (Å²) in [6.45, 7) is 8.38. The van der Waals surface area contributed by atoms with Crippen molar-refractivity contribution in [2.24, 2.45) is 0 Å². The molecule has 10 heteroatoms. The summed E-state index contributed by atoms with van der Waals surface area (Å²) in [5.41, 5.74) is 0.135. The molecule has 0 fully saturated rings. The Morgan fingerprint density at radius 2 is 1.81 bits per heavy atom. The lowest BCUT2D eigenvalue weighted by atomic mass is 10.3. The van der Waals surface area contributed by atoms with Crippen LogP contribution >= 0.6 is 7.60 Å². The van der Waals surface area contributed by atoms with E-state index in [1.165, 1.54) is 11.7 Å². The predicted octanol–water partition coefficient (Wildman–Crippen LogP) is 1.94. The molecule has 0 aliphatic carbocycles. The average molecular weight is 392 g/mol. The van der Waals surface area contributed by atoms with Crippen LogP contribution in [0.3, 0.4) is 0 Å². The molecule has 1 heterocycles. The van der Waals surface area contributed by atoms with E-state index < -0.39 is 19.4 Å². The molecule has 0 spiro atoms. The molecular formula is C16H29N2O7P. The molecule has 0 saturated heterocycles. The number of aryl methyl sites for hydroxylation is 1. The van der Waals surface area contributed by atoms with Crippen LogP contribution in [0.2, 0.25) is 0 Å². The van der Waals surface area contributed by atoms with Gasteiger partial charge in [-0.3, -0.25) is 9.13 Å². The van der Waals surface area contributed by atoms with Gasteiger partial charge in [-0.25, -0.2) is 4.79 Å². The SMILES string of the molecule is COc1nc(=O)n(C[C@@H](CO)OCP(=O)(OC(C)C)OC(C)C)cc1C. The molecule has 1 aromatic heterocycles. The lowest BCUT2D eigenvalue weighted by Crippen LogP contribution is -2.32.